The molecule has 1 saturated heterocycles. The Labute approximate surface area is 166 Å². The summed E-state index contributed by atoms with van der Waals surface area (Å²) < 4.78 is 17.1. The van der Waals surface area contributed by atoms with E-state index < -0.39 is 11.3 Å². The van der Waals surface area contributed by atoms with Crippen LogP contribution in [0.25, 0.3) is 10.9 Å². The van der Waals surface area contributed by atoms with Crippen LogP contribution in [-0.4, -0.2) is 56.5 Å². The summed E-state index contributed by atoms with van der Waals surface area (Å²) in [6.07, 6.45) is 3.19. The molecule has 0 bridgehead atoms. The third kappa shape index (κ3) is 4.97. The lowest BCUT2D eigenvalue weighted by molar-refractivity contribution is -0.00366. The molecule has 2 aromatic rings. The van der Waals surface area contributed by atoms with E-state index in [1.807, 2.05) is 36.9 Å². The quantitative estimate of drug-likeness (QED) is 0.723. The third-order valence-electron chi connectivity index (χ3n) is 5.55. The fourth-order valence-electron chi connectivity index (χ4n) is 3.93. The van der Waals surface area contributed by atoms with Crippen LogP contribution in [0.4, 0.5) is 4.39 Å². The number of halogens is 1. The Bertz CT molecular complexity index is 830. The lowest BCUT2D eigenvalue weighted by atomic mass is 9.86. The predicted octanol–water partition coefficient (Wildman–Crippen LogP) is 4.16. The second kappa shape index (κ2) is 7.91. The molecule has 0 spiro atoms. The Hall–Kier alpha value is -1.79. The van der Waals surface area contributed by atoms with Crippen LogP contribution >= 0.6 is 0 Å². The smallest absolute Gasteiger partial charge is 0.165 e. The summed E-state index contributed by atoms with van der Waals surface area (Å²) in [4.78, 5) is 14.9. The Kier molecular flexibility index (Phi) is 5.92. The second-order valence-electron chi connectivity index (χ2n) is 9.11. The Balaban J connectivity index is 1.62. The number of nitrogens with zero attached hydrogens (tertiary/aromatic N) is 3. The van der Waals surface area contributed by atoms with Gasteiger partial charge in [-0.15, -0.1) is 0 Å². The molecule has 0 radical (unpaired) electrons. The third-order valence-corrected chi connectivity index (χ3v) is 5.55. The zero-order chi connectivity index (χ0) is 20.5. The lowest BCUT2D eigenvalue weighted by Crippen LogP contribution is -2.47. The first-order valence-electron chi connectivity index (χ1n) is 10.2. The van der Waals surface area contributed by atoms with E-state index in [2.05, 4.69) is 10.00 Å². The Morgan fingerprint density at radius 3 is 2.61 bits per heavy atom. The van der Waals surface area contributed by atoms with Crippen LogP contribution in [0.3, 0.4) is 0 Å². The second-order valence-corrected chi connectivity index (χ2v) is 9.11. The minimum Gasteiger partial charge on any atom is -0.389 e. The lowest BCUT2D eigenvalue weighted by Gasteiger charge is -2.38. The Morgan fingerprint density at radius 1 is 1.32 bits per heavy atom. The minimum absolute atomic E-state index is 0.0458. The number of aromatic nitrogens is 2. The molecule has 3 rings (SSSR count). The molecule has 1 aromatic heterocycles. The number of piperidine rings is 1. The van der Waals surface area contributed by atoms with Crippen LogP contribution in [0.1, 0.15) is 69.8 Å². The van der Waals surface area contributed by atoms with Crippen LogP contribution in [-0.2, 0) is 0 Å². The standard InChI is InChI=1S/C22H32FN3O2/c1-16(2)26-14-17-6-5-7-18(20(17)24-26)19(27)8-9-22(23)10-12-25(13-11-22)15-21(3,4)28/h5-7,14,16,28H,8-13,15H2,1-4H3. The number of carbonyl (C=O) groups excluding carboxylic acids is 1. The summed E-state index contributed by atoms with van der Waals surface area (Å²) in [5.41, 5.74) is -0.796. The van der Waals surface area contributed by atoms with Gasteiger partial charge in [-0.1, -0.05) is 12.1 Å². The highest BCUT2D eigenvalue weighted by atomic mass is 19.1. The molecule has 5 nitrogen and oxygen atoms in total. The van der Waals surface area contributed by atoms with E-state index >= 15 is 4.39 Å². The average molecular weight is 390 g/mol. The van der Waals surface area contributed by atoms with Crippen LogP contribution in [0.15, 0.2) is 24.4 Å². The maximum atomic E-state index is 15.2. The normalized spacial score (nSPS) is 18.1. The van der Waals surface area contributed by atoms with Gasteiger partial charge in [0.15, 0.2) is 5.78 Å². The fourth-order valence-corrected chi connectivity index (χ4v) is 3.93. The van der Waals surface area contributed by atoms with Crippen molar-refractivity contribution in [1.82, 2.24) is 14.7 Å². The number of β-amino-alcohol motifs (C(OH)–C–C–N with tert-alkyl or cyclic N) is 1. The zero-order valence-electron chi connectivity index (χ0n) is 17.4. The van der Waals surface area contributed by atoms with Gasteiger partial charge in [-0.2, -0.15) is 5.10 Å². The number of Topliss-reactive ketones (excluding diaryl/α,β-unsaturated/α-hetero) is 1. The maximum absolute atomic E-state index is 15.2. The molecule has 1 aliphatic rings. The highest BCUT2D eigenvalue weighted by molar-refractivity contribution is 6.06. The molecular weight excluding hydrogens is 357 g/mol. The van der Waals surface area contributed by atoms with Gasteiger partial charge in [-0.05, 0) is 53.0 Å². The molecular formula is C22H32FN3O2. The van der Waals surface area contributed by atoms with E-state index in [9.17, 15) is 9.90 Å². The molecule has 1 aliphatic heterocycles. The molecule has 1 aromatic carbocycles. The molecule has 0 atom stereocenters. The van der Waals surface area contributed by atoms with E-state index in [4.69, 9.17) is 0 Å². The number of hydrogen-bond acceptors (Lipinski definition) is 4. The van der Waals surface area contributed by atoms with Gasteiger partial charge in [0.2, 0.25) is 0 Å². The number of benzene rings is 1. The monoisotopic (exact) mass is 389 g/mol. The average Bonchev–Trinajstić information content (AvgIpc) is 3.05. The highest BCUT2D eigenvalue weighted by Crippen LogP contribution is 2.32. The number of carbonyl (C=O) groups is 1. The van der Waals surface area contributed by atoms with Crippen molar-refractivity contribution in [2.24, 2.45) is 0 Å². The number of hydrogen-bond donors (Lipinski definition) is 1. The van der Waals surface area contributed by atoms with Gasteiger partial charge in [-0.25, -0.2) is 4.39 Å². The van der Waals surface area contributed by atoms with Crippen LogP contribution in [0, 0.1) is 0 Å². The number of likely N-dealkylation sites (tertiary alicyclic amines) is 1. The molecule has 2 heterocycles. The van der Waals surface area contributed by atoms with Gasteiger partial charge in [0.25, 0.3) is 0 Å². The first kappa shape index (κ1) is 20.9. The van der Waals surface area contributed by atoms with Crippen molar-refractivity contribution in [3.05, 3.63) is 30.0 Å². The molecule has 0 aliphatic carbocycles. The van der Waals surface area contributed by atoms with Crippen molar-refractivity contribution in [3.63, 3.8) is 0 Å². The molecule has 0 amide bonds. The van der Waals surface area contributed by atoms with Crippen molar-refractivity contribution in [3.8, 4) is 0 Å². The molecule has 6 heteroatoms. The predicted molar refractivity (Wildman–Crippen MR) is 109 cm³/mol. The van der Waals surface area contributed by atoms with Crippen molar-refractivity contribution in [2.45, 2.75) is 70.7 Å². The van der Waals surface area contributed by atoms with Gasteiger partial charge in [0.05, 0.1) is 5.60 Å². The van der Waals surface area contributed by atoms with Crippen LogP contribution in [0.2, 0.25) is 0 Å². The number of fused-ring (bicyclic) bond motifs is 1. The molecule has 154 valence electrons. The summed E-state index contributed by atoms with van der Waals surface area (Å²) >= 11 is 0. The van der Waals surface area contributed by atoms with E-state index in [1.165, 1.54) is 0 Å². The summed E-state index contributed by atoms with van der Waals surface area (Å²) in [7, 11) is 0. The van der Waals surface area contributed by atoms with Crippen molar-refractivity contribution < 1.29 is 14.3 Å². The highest BCUT2D eigenvalue weighted by Gasteiger charge is 2.36. The number of alkyl halides is 1. The molecule has 28 heavy (non-hydrogen) atoms. The molecule has 1 fully saturated rings. The van der Waals surface area contributed by atoms with E-state index in [0.29, 0.717) is 43.6 Å². The largest absolute Gasteiger partial charge is 0.389 e. The summed E-state index contributed by atoms with van der Waals surface area (Å²) in [5.74, 6) is -0.0458. The maximum Gasteiger partial charge on any atom is 0.165 e. The van der Waals surface area contributed by atoms with Crippen LogP contribution in [0.5, 0.6) is 0 Å². The van der Waals surface area contributed by atoms with Gasteiger partial charge in [-0.3, -0.25) is 9.48 Å². The number of aliphatic hydroxyl groups is 1. The van der Waals surface area contributed by atoms with E-state index in [-0.39, 0.29) is 24.7 Å². The van der Waals surface area contributed by atoms with Gasteiger partial charge >= 0.3 is 0 Å². The minimum atomic E-state index is -1.31. The fraction of sp³-hybridized carbons (Fsp3) is 0.636. The molecule has 0 unspecified atom stereocenters. The Morgan fingerprint density at radius 2 is 2.00 bits per heavy atom. The summed E-state index contributed by atoms with van der Waals surface area (Å²) in [5, 5.41) is 15.4. The van der Waals surface area contributed by atoms with Gasteiger partial charge in [0, 0.05) is 49.2 Å². The van der Waals surface area contributed by atoms with Gasteiger partial charge in [0.1, 0.15) is 11.2 Å². The van der Waals surface area contributed by atoms with E-state index in [1.54, 1.807) is 19.9 Å². The van der Waals surface area contributed by atoms with Crippen molar-refractivity contribution >= 4 is 16.7 Å². The zero-order valence-corrected chi connectivity index (χ0v) is 17.4. The first-order chi connectivity index (χ1) is 13.1. The summed E-state index contributed by atoms with van der Waals surface area (Å²) in [6, 6.07) is 5.83. The topological polar surface area (TPSA) is 58.4 Å². The summed E-state index contributed by atoms with van der Waals surface area (Å²) in [6.45, 7) is 9.40. The number of rotatable bonds is 7. The van der Waals surface area contributed by atoms with Gasteiger partial charge < -0.3 is 10.0 Å². The molecule has 1 N–H and O–H groups in total. The molecule has 0 saturated carbocycles. The van der Waals surface area contributed by atoms with Crippen molar-refractivity contribution in [1.29, 1.82) is 0 Å². The van der Waals surface area contributed by atoms with Crippen molar-refractivity contribution in [2.75, 3.05) is 19.6 Å². The first-order valence-corrected chi connectivity index (χ1v) is 10.2. The van der Waals surface area contributed by atoms with Crippen LogP contribution < -0.4 is 0 Å². The SMILES string of the molecule is CC(C)n1cc2cccc(C(=O)CCC3(F)CCN(CC(C)(C)O)CC3)c2n1. The van der Waals surface area contributed by atoms with E-state index in [0.717, 1.165) is 5.39 Å². The number of ketones is 1.